The van der Waals surface area contributed by atoms with Gasteiger partial charge < -0.3 is 10.2 Å². The zero-order valence-electron chi connectivity index (χ0n) is 14.6. The topological polar surface area (TPSA) is 49.4 Å². The molecule has 2 rings (SSSR count). The van der Waals surface area contributed by atoms with Gasteiger partial charge in [-0.15, -0.1) is 0 Å². The van der Waals surface area contributed by atoms with Crippen LogP contribution in [0.4, 0.5) is 5.69 Å². The van der Waals surface area contributed by atoms with Gasteiger partial charge in [-0.1, -0.05) is 38.3 Å². The molecule has 5 heteroatoms. The van der Waals surface area contributed by atoms with Gasteiger partial charge in [0.05, 0.1) is 0 Å². The maximum absolute atomic E-state index is 12.3. The van der Waals surface area contributed by atoms with Crippen LogP contribution < -0.4 is 10.2 Å². The molecule has 0 aliphatic carbocycles. The summed E-state index contributed by atoms with van der Waals surface area (Å²) < 4.78 is 0. The molecule has 0 radical (unpaired) electrons. The lowest BCUT2D eigenvalue weighted by Gasteiger charge is -2.19. The molecule has 1 aliphatic rings. The second-order valence-corrected chi connectivity index (χ2v) is 7.01. The van der Waals surface area contributed by atoms with Crippen LogP contribution in [0.1, 0.15) is 46.0 Å². The predicted octanol–water partition coefficient (Wildman–Crippen LogP) is 4.03. The third-order valence-corrected chi connectivity index (χ3v) is 4.81. The van der Waals surface area contributed by atoms with Gasteiger partial charge in [0, 0.05) is 42.1 Å². The molecule has 4 nitrogen and oxygen atoms in total. The first-order valence-electron chi connectivity index (χ1n) is 8.88. The highest BCUT2D eigenvalue weighted by atomic mass is 35.5. The highest BCUT2D eigenvalue weighted by molar-refractivity contribution is 6.30. The Hall–Kier alpha value is -1.55. The maximum Gasteiger partial charge on any atom is 0.227 e. The number of nitrogens with one attached hydrogen (secondary N) is 1. The van der Waals surface area contributed by atoms with Crippen molar-refractivity contribution in [3.8, 4) is 0 Å². The molecule has 1 fully saturated rings. The van der Waals surface area contributed by atoms with E-state index >= 15 is 0 Å². The first kappa shape index (κ1) is 18.8. The fraction of sp³-hybridized carbons (Fsp3) is 0.579. The standard InChI is InChI=1S/C19H27ClN2O2/c1-3-5-15(6-4-2)19(24)21-12-14-11-18(23)22(13-14)17-9-7-16(20)8-10-17/h7-10,14-15H,3-6,11-13H2,1-2H3,(H,21,24). The van der Waals surface area contributed by atoms with Crippen molar-refractivity contribution < 1.29 is 9.59 Å². The summed E-state index contributed by atoms with van der Waals surface area (Å²) in [6, 6.07) is 7.30. The summed E-state index contributed by atoms with van der Waals surface area (Å²) in [6.07, 6.45) is 4.38. The molecular formula is C19H27ClN2O2. The molecule has 0 spiro atoms. The fourth-order valence-electron chi connectivity index (χ4n) is 3.28. The Kier molecular flexibility index (Phi) is 7.10. The van der Waals surface area contributed by atoms with Crippen molar-refractivity contribution in [3.63, 3.8) is 0 Å². The number of halogens is 1. The number of rotatable bonds is 8. The monoisotopic (exact) mass is 350 g/mol. The van der Waals surface area contributed by atoms with Crippen LogP contribution in [-0.2, 0) is 9.59 Å². The van der Waals surface area contributed by atoms with Crippen LogP contribution in [0.2, 0.25) is 5.02 Å². The van der Waals surface area contributed by atoms with Gasteiger partial charge in [0.2, 0.25) is 11.8 Å². The van der Waals surface area contributed by atoms with E-state index in [0.29, 0.717) is 24.5 Å². The Labute approximate surface area is 149 Å². The summed E-state index contributed by atoms with van der Waals surface area (Å²) in [5, 5.41) is 3.72. The number of carbonyl (C=O) groups excluding carboxylic acids is 2. The molecule has 2 amide bonds. The average Bonchev–Trinajstić information content (AvgIpc) is 2.94. The van der Waals surface area contributed by atoms with Crippen molar-refractivity contribution in [1.82, 2.24) is 5.32 Å². The molecule has 24 heavy (non-hydrogen) atoms. The molecule has 0 bridgehead atoms. The van der Waals surface area contributed by atoms with Crippen LogP contribution in [0.25, 0.3) is 0 Å². The zero-order valence-corrected chi connectivity index (χ0v) is 15.3. The molecule has 1 saturated heterocycles. The summed E-state index contributed by atoms with van der Waals surface area (Å²) in [5.74, 6) is 0.511. The molecule has 0 saturated carbocycles. The predicted molar refractivity (Wildman–Crippen MR) is 98.2 cm³/mol. The summed E-state index contributed by atoms with van der Waals surface area (Å²) in [4.78, 5) is 26.3. The Balaban J connectivity index is 1.87. The van der Waals surface area contributed by atoms with E-state index in [0.717, 1.165) is 31.4 Å². The van der Waals surface area contributed by atoms with Crippen LogP contribution in [-0.4, -0.2) is 24.9 Å². The fourth-order valence-corrected chi connectivity index (χ4v) is 3.41. The Morgan fingerprint density at radius 2 is 1.88 bits per heavy atom. The van der Waals surface area contributed by atoms with E-state index in [2.05, 4.69) is 19.2 Å². The van der Waals surface area contributed by atoms with Crippen molar-refractivity contribution in [1.29, 1.82) is 0 Å². The van der Waals surface area contributed by atoms with Crippen molar-refractivity contribution >= 4 is 29.1 Å². The van der Waals surface area contributed by atoms with Gasteiger partial charge in [0.25, 0.3) is 0 Å². The quantitative estimate of drug-likeness (QED) is 0.769. The van der Waals surface area contributed by atoms with E-state index in [-0.39, 0.29) is 23.7 Å². The third-order valence-electron chi connectivity index (χ3n) is 4.55. The van der Waals surface area contributed by atoms with E-state index in [4.69, 9.17) is 11.6 Å². The van der Waals surface area contributed by atoms with Gasteiger partial charge in [0.15, 0.2) is 0 Å². The minimum atomic E-state index is 0.101. The number of hydrogen-bond acceptors (Lipinski definition) is 2. The minimum absolute atomic E-state index is 0.101. The molecule has 1 aliphatic heterocycles. The number of nitrogens with zero attached hydrogens (tertiary/aromatic N) is 1. The van der Waals surface area contributed by atoms with Gasteiger partial charge in [-0.25, -0.2) is 0 Å². The molecule has 1 atom stereocenters. The largest absolute Gasteiger partial charge is 0.356 e. The average molecular weight is 351 g/mol. The molecule has 132 valence electrons. The van der Waals surface area contributed by atoms with Gasteiger partial charge >= 0.3 is 0 Å². The first-order chi connectivity index (χ1) is 11.5. The SMILES string of the molecule is CCCC(CCC)C(=O)NCC1CC(=O)N(c2ccc(Cl)cc2)C1. The Bertz CT molecular complexity index is 553. The van der Waals surface area contributed by atoms with Crippen LogP contribution >= 0.6 is 11.6 Å². The third kappa shape index (κ3) is 4.97. The Morgan fingerprint density at radius 3 is 2.46 bits per heavy atom. The molecule has 1 unspecified atom stereocenters. The lowest BCUT2D eigenvalue weighted by atomic mass is 9.97. The van der Waals surface area contributed by atoms with Crippen molar-refractivity contribution in [3.05, 3.63) is 29.3 Å². The van der Waals surface area contributed by atoms with Gasteiger partial charge in [0.1, 0.15) is 0 Å². The molecular weight excluding hydrogens is 324 g/mol. The van der Waals surface area contributed by atoms with E-state index in [1.807, 2.05) is 12.1 Å². The normalized spacial score (nSPS) is 17.6. The maximum atomic E-state index is 12.3. The molecule has 1 aromatic rings. The van der Waals surface area contributed by atoms with Crippen LogP contribution in [0.5, 0.6) is 0 Å². The lowest BCUT2D eigenvalue weighted by Crippen LogP contribution is -2.35. The number of amides is 2. The van der Waals surface area contributed by atoms with Crippen LogP contribution in [0.15, 0.2) is 24.3 Å². The summed E-state index contributed by atoms with van der Waals surface area (Å²) >= 11 is 5.90. The summed E-state index contributed by atoms with van der Waals surface area (Å²) in [6.45, 7) is 5.43. The second-order valence-electron chi connectivity index (χ2n) is 6.57. The highest BCUT2D eigenvalue weighted by Crippen LogP contribution is 2.26. The van der Waals surface area contributed by atoms with Crippen LogP contribution in [0.3, 0.4) is 0 Å². The van der Waals surface area contributed by atoms with E-state index in [9.17, 15) is 9.59 Å². The lowest BCUT2D eigenvalue weighted by molar-refractivity contribution is -0.125. The smallest absolute Gasteiger partial charge is 0.227 e. The minimum Gasteiger partial charge on any atom is -0.356 e. The summed E-state index contributed by atoms with van der Waals surface area (Å²) in [5.41, 5.74) is 0.869. The van der Waals surface area contributed by atoms with Crippen LogP contribution in [0, 0.1) is 11.8 Å². The van der Waals surface area contributed by atoms with Gasteiger partial charge in [-0.05, 0) is 37.1 Å². The summed E-state index contributed by atoms with van der Waals surface area (Å²) in [7, 11) is 0. The number of hydrogen-bond donors (Lipinski definition) is 1. The number of anilines is 1. The van der Waals surface area contributed by atoms with Gasteiger partial charge in [-0.2, -0.15) is 0 Å². The molecule has 1 N–H and O–H groups in total. The molecule has 1 heterocycles. The Morgan fingerprint density at radius 1 is 1.25 bits per heavy atom. The first-order valence-corrected chi connectivity index (χ1v) is 9.26. The van der Waals surface area contributed by atoms with E-state index < -0.39 is 0 Å². The highest BCUT2D eigenvalue weighted by Gasteiger charge is 2.31. The van der Waals surface area contributed by atoms with E-state index in [1.165, 1.54) is 0 Å². The molecule has 0 aromatic heterocycles. The van der Waals surface area contributed by atoms with Crippen molar-refractivity contribution in [2.75, 3.05) is 18.0 Å². The molecule has 1 aromatic carbocycles. The number of benzene rings is 1. The van der Waals surface area contributed by atoms with Gasteiger partial charge in [-0.3, -0.25) is 9.59 Å². The van der Waals surface area contributed by atoms with Crippen molar-refractivity contribution in [2.45, 2.75) is 46.0 Å². The number of carbonyl (C=O) groups is 2. The van der Waals surface area contributed by atoms with Crippen molar-refractivity contribution in [2.24, 2.45) is 11.8 Å². The second kappa shape index (κ2) is 9.07. The van der Waals surface area contributed by atoms with E-state index in [1.54, 1.807) is 17.0 Å². The zero-order chi connectivity index (χ0) is 17.5.